The van der Waals surface area contributed by atoms with Crippen molar-refractivity contribution in [3.05, 3.63) is 336 Å². The molecule has 0 saturated heterocycles. The Balaban J connectivity index is 0.000000229. The lowest BCUT2D eigenvalue weighted by atomic mass is 9.99. The first-order valence-electron chi connectivity index (χ1n) is 41.2. The van der Waals surface area contributed by atoms with E-state index in [0.29, 0.717) is 114 Å². The second-order valence-corrected chi connectivity index (χ2v) is 29.3. The summed E-state index contributed by atoms with van der Waals surface area (Å²) in [4.78, 5) is 112. The number of hydrogen-bond donors (Lipinski definition) is 2. The zero-order chi connectivity index (χ0) is 91.6. The molecular weight excluding hydrogens is 1720 g/mol. The van der Waals surface area contributed by atoms with Crippen LogP contribution in [0.15, 0.2) is 280 Å². The molecular formula is C95H92Cl2N24O11-2. The van der Waals surface area contributed by atoms with E-state index in [1.807, 2.05) is 169 Å². The molecule has 132 heavy (non-hydrogen) atoms. The number of rotatable bonds is 12. The molecule has 4 aromatic carbocycles. The van der Waals surface area contributed by atoms with E-state index >= 15 is 0 Å². The van der Waals surface area contributed by atoms with Gasteiger partial charge in [-0.2, -0.15) is 20.4 Å². The third kappa shape index (κ3) is 26.3. The molecule has 37 heteroatoms. The maximum atomic E-state index is 12.2. The summed E-state index contributed by atoms with van der Waals surface area (Å²) in [5.74, 6) is -2.17. The van der Waals surface area contributed by atoms with Gasteiger partial charge in [-0.3, -0.25) is 39.7 Å². The van der Waals surface area contributed by atoms with Gasteiger partial charge >= 0.3 is 11.9 Å². The number of nitrogens with zero attached hydrogens (tertiary/aromatic N) is 23. The molecule has 0 spiro atoms. The molecule has 7 N–H and O–H groups in total. The molecule has 16 aromatic rings. The fourth-order valence-electron chi connectivity index (χ4n) is 14.4. The molecule has 0 atom stereocenters. The Morgan fingerprint density at radius 3 is 0.795 bits per heavy atom. The van der Waals surface area contributed by atoms with Gasteiger partial charge in [-0.05, 0) is 149 Å². The molecule has 12 aromatic heterocycles. The summed E-state index contributed by atoms with van der Waals surface area (Å²) < 4.78 is 6.31. The topological polar surface area (TPSA) is 463 Å². The predicted octanol–water partition coefficient (Wildman–Crippen LogP) is 2.15. The fraction of sp³-hybridized carbons (Fsp3) is 0.179. The number of carboxylic acids is 2. The third-order valence-corrected chi connectivity index (χ3v) is 19.8. The first kappa shape index (κ1) is 97.0. The number of nitrogens with two attached hydrogens (primary N) is 1. The molecule has 0 aliphatic carbocycles. The van der Waals surface area contributed by atoms with Gasteiger partial charge < -0.3 is 65.7 Å². The minimum absolute atomic E-state index is 0. The van der Waals surface area contributed by atoms with Gasteiger partial charge in [0.05, 0.1) is 128 Å². The van der Waals surface area contributed by atoms with Crippen LogP contribution in [0.1, 0.15) is 59.4 Å². The van der Waals surface area contributed by atoms with Crippen LogP contribution in [-0.4, -0.2) is 200 Å². The van der Waals surface area contributed by atoms with Gasteiger partial charge in [0.15, 0.2) is 43.4 Å². The molecule has 14 heterocycles. The largest absolute Gasteiger partial charge is 1.00 e. The van der Waals surface area contributed by atoms with Gasteiger partial charge in [0, 0.05) is 112 Å². The maximum Gasteiger partial charge on any atom is 0.530 e. The molecule has 2 aliphatic heterocycles. The van der Waals surface area contributed by atoms with Crippen molar-refractivity contribution in [2.24, 2.45) is 5.73 Å². The van der Waals surface area contributed by atoms with E-state index in [0.717, 1.165) is 58.7 Å². The normalized spacial score (nSPS) is 12.4. The van der Waals surface area contributed by atoms with E-state index in [2.05, 4.69) is 98.7 Å². The van der Waals surface area contributed by atoms with Crippen LogP contribution >= 0.6 is 0 Å². The summed E-state index contributed by atoms with van der Waals surface area (Å²) in [7, 11) is 3.39. The highest BCUT2D eigenvalue weighted by Gasteiger charge is 2.25. The van der Waals surface area contributed by atoms with E-state index in [1.165, 1.54) is 7.05 Å². The summed E-state index contributed by atoms with van der Waals surface area (Å²) in [6.45, 7) is 4.88. The lowest BCUT2D eigenvalue weighted by Gasteiger charge is -2.21. The summed E-state index contributed by atoms with van der Waals surface area (Å²) in [6, 6.07) is 74.8. The number of carbonyl (C=O) groups excluding carboxylic acids is 4. The summed E-state index contributed by atoms with van der Waals surface area (Å²) in [5, 5.41) is 74.2. The Bertz CT molecular complexity index is 5890. The molecule has 0 unspecified atom stereocenters. The van der Waals surface area contributed by atoms with Crippen molar-refractivity contribution in [1.29, 1.82) is 0 Å². The monoisotopic (exact) mass is 1810 g/mol. The van der Waals surface area contributed by atoms with Gasteiger partial charge in [-0.15, -0.1) is 0 Å². The molecule has 18 rings (SSSR count). The minimum Gasteiger partial charge on any atom is -1.00 e. The van der Waals surface area contributed by atoms with Crippen molar-refractivity contribution in [3.8, 4) is 113 Å². The Morgan fingerprint density at radius 1 is 0.326 bits per heavy atom. The van der Waals surface area contributed by atoms with E-state index in [1.54, 1.807) is 90.2 Å². The molecule has 0 radical (unpaired) electrons. The van der Waals surface area contributed by atoms with E-state index < -0.39 is 28.8 Å². The third-order valence-electron chi connectivity index (χ3n) is 19.8. The van der Waals surface area contributed by atoms with Crippen LogP contribution in [0.2, 0.25) is 0 Å². The number of aliphatic carboxylic acids is 2. The number of halogens is 2. The van der Waals surface area contributed by atoms with E-state index in [4.69, 9.17) is 75.5 Å². The Morgan fingerprint density at radius 2 is 0.553 bits per heavy atom. The fourth-order valence-corrected chi connectivity index (χ4v) is 14.4. The molecule has 2 aliphatic rings. The highest BCUT2D eigenvalue weighted by molar-refractivity contribution is 5.79. The van der Waals surface area contributed by atoms with Crippen molar-refractivity contribution in [2.45, 2.75) is 66.2 Å². The molecule has 35 nitrogen and oxygen atoms in total. The highest BCUT2D eigenvalue weighted by Crippen LogP contribution is 2.35. The second kappa shape index (κ2) is 46.9. The Labute approximate surface area is 771 Å². The summed E-state index contributed by atoms with van der Waals surface area (Å²) in [5.41, 5.74) is 22.6. The van der Waals surface area contributed by atoms with Crippen molar-refractivity contribution in [2.75, 3.05) is 47.4 Å². The number of pyridine rings is 6. The van der Waals surface area contributed by atoms with Crippen molar-refractivity contribution in [3.63, 3.8) is 0 Å². The summed E-state index contributed by atoms with van der Waals surface area (Å²) in [6.07, 6.45) is 13.3. The Hall–Kier alpha value is -15.6. The average molecular weight is 1820 g/mol. The first-order chi connectivity index (χ1) is 63.3. The Kier molecular flexibility index (Phi) is 34.5. The SMILES string of the molecule is CC.CN.CO.C[N+](=O)[O-].O=C([O-])CN1Cc2cccc(n2)-c2cc(-c3ccc(-c4ccccc4)cc3)cc(n2)-c2cccc(n2)CN(CC(=O)[OH2+])Cc2ccn(n2)-c2cncc(n2)-n2ccc(n2)C1.O=C([O-])CN1Cc2cccc(n2)-c2cc(-c3ccc(-c4ccccc4)cc3)cc(n2)-c2cccc(n2)CN(CC(=O)[OH2+])Cc2ccn(n2)-c2cncc(n2)-n2ccc(n2)C1.[Cl-].[Cl-]. The summed E-state index contributed by atoms with van der Waals surface area (Å²) >= 11 is 0. The van der Waals surface area contributed by atoms with Crippen LogP contribution in [0.3, 0.4) is 0 Å². The second-order valence-electron chi connectivity index (χ2n) is 29.3. The highest BCUT2D eigenvalue weighted by atomic mass is 35.5. The van der Waals surface area contributed by atoms with Crippen LogP contribution in [0, 0.1) is 10.1 Å². The predicted molar refractivity (Wildman–Crippen MR) is 482 cm³/mol. The van der Waals surface area contributed by atoms with E-state index in [9.17, 15) is 29.4 Å². The van der Waals surface area contributed by atoms with Crippen molar-refractivity contribution in [1.82, 2.24) is 109 Å². The van der Waals surface area contributed by atoms with Crippen molar-refractivity contribution < 1.29 is 74.4 Å². The van der Waals surface area contributed by atoms with Gasteiger partial charge in [0.25, 0.3) is 0 Å². The number of benzene rings is 4. The number of aromatic nitrogens is 18. The van der Waals surface area contributed by atoms with Crippen LogP contribution in [0.25, 0.3) is 113 Å². The van der Waals surface area contributed by atoms with Gasteiger partial charge in [-0.25, -0.2) is 58.6 Å². The molecule has 0 fully saturated rings. The quantitative estimate of drug-likeness (QED) is 0.100. The number of carbonyl (C=O) groups is 4. The van der Waals surface area contributed by atoms with Crippen LogP contribution < -0.4 is 40.8 Å². The smallest absolute Gasteiger partial charge is 0.530 e. The maximum absolute atomic E-state index is 12.2. The molecule has 0 amide bonds. The number of fused-ring (bicyclic) bond motifs is 32. The number of aliphatic hydroxyl groups is 1. The molecule has 24 bridgehead atoms. The number of aliphatic hydroxyl groups excluding tert-OH is 1. The number of hydrogen-bond acceptors (Lipinski definition) is 28. The molecule has 674 valence electrons. The van der Waals surface area contributed by atoms with E-state index in [-0.39, 0.29) is 103 Å². The van der Waals surface area contributed by atoms with Crippen LogP contribution in [-0.2, 0) is 71.5 Å². The van der Waals surface area contributed by atoms with Crippen molar-refractivity contribution >= 4 is 23.9 Å². The standard InChI is InChI=1S/2C45H37N11O4.C2H6.CH3NO2.CH5N.CH4O.2ClH/c2*57-44(58)28-53-24-34-8-4-10-38(47-34)40-20-33(32-14-12-31(13-15-32)30-6-2-1-3-7-30)21-41(49-40)39-11-5-9-35(48-39)25-54(29-45(59)60)27-37-17-19-56(52-37)43-23-46-22-42(50-43)55-18-16-36(26-53)51-55;1-2;1-2(3)4;2*1-2;;/h2*1-23H,24-29H2,(H,57,58)(H,59,60);1-2H3;1H3;2H2,1H3;2H,1H3;2*1H/p-2. The zero-order valence-corrected chi connectivity index (χ0v) is 73.9. The zero-order valence-electron chi connectivity index (χ0n) is 72.4. The number of carboxylic acid groups (broad SMARTS) is 2. The lowest BCUT2D eigenvalue weighted by Crippen LogP contribution is -3.00. The minimum atomic E-state index is -1.22. The van der Waals surface area contributed by atoms with Crippen LogP contribution in [0.5, 0.6) is 0 Å². The van der Waals surface area contributed by atoms with Gasteiger partial charge in [0.2, 0.25) is 0 Å². The average Bonchev–Trinajstić information content (AvgIpc) is 1.24. The first-order valence-corrected chi connectivity index (χ1v) is 41.2. The lowest BCUT2D eigenvalue weighted by molar-refractivity contribution is -0.445. The van der Waals surface area contributed by atoms with Crippen LogP contribution in [0.4, 0.5) is 0 Å². The number of nitro groups is 1. The van der Waals surface area contributed by atoms with Gasteiger partial charge in [-0.1, -0.05) is 147 Å². The molecule has 0 saturated carbocycles. The van der Waals surface area contributed by atoms with Gasteiger partial charge in [0.1, 0.15) is 0 Å².